The van der Waals surface area contributed by atoms with E-state index in [1.54, 1.807) is 16.7 Å². The molecule has 1 N–H and O–H groups in total. The average Bonchev–Trinajstić information content (AvgIpc) is 2.47. The fourth-order valence-electron chi connectivity index (χ4n) is 1.98. The van der Waals surface area contributed by atoms with E-state index in [-0.39, 0.29) is 6.09 Å². The first-order chi connectivity index (χ1) is 9.72. The number of nitrogens with zero attached hydrogens (tertiary/aromatic N) is 3. The van der Waals surface area contributed by atoms with E-state index in [1.165, 1.54) is 0 Å². The number of hydrogen-bond acceptors (Lipinski definition) is 4. The molecule has 0 atom stereocenters. The number of thioether (sulfide) groups is 1. The van der Waals surface area contributed by atoms with Gasteiger partial charge in [0.25, 0.3) is 0 Å². The van der Waals surface area contributed by atoms with Crippen molar-refractivity contribution in [3.63, 3.8) is 0 Å². The molecule has 1 amide bonds. The van der Waals surface area contributed by atoms with E-state index in [0.717, 1.165) is 37.9 Å². The molecule has 7 heteroatoms. The Balaban J connectivity index is 2.47. The Labute approximate surface area is 125 Å². The van der Waals surface area contributed by atoms with Crippen LogP contribution < -0.4 is 5.32 Å². The number of carbonyl (C=O) groups excluding carboxylic acids is 1. The van der Waals surface area contributed by atoms with E-state index in [2.05, 4.69) is 28.4 Å². The van der Waals surface area contributed by atoms with Gasteiger partial charge in [0.2, 0.25) is 0 Å². The van der Waals surface area contributed by atoms with Crippen molar-refractivity contribution in [2.45, 2.75) is 13.8 Å². The molecule has 1 aliphatic heterocycles. The molecule has 116 valence electrons. The van der Waals surface area contributed by atoms with E-state index in [9.17, 15) is 4.79 Å². The summed E-state index contributed by atoms with van der Waals surface area (Å²) in [6.45, 7) is 8.97. The van der Waals surface area contributed by atoms with Crippen LogP contribution in [0.4, 0.5) is 4.79 Å². The summed E-state index contributed by atoms with van der Waals surface area (Å²) in [5.74, 6) is 1.97. The quantitative estimate of drug-likeness (QED) is 0.468. The Morgan fingerprint density at radius 2 is 1.90 bits per heavy atom. The van der Waals surface area contributed by atoms with Crippen molar-refractivity contribution in [2.24, 2.45) is 4.99 Å². The molecule has 0 spiro atoms. The fraction of sp³-hybridized carbons (Fsp3) is 0.846. The van der Waals surface area contributed by atoms with Gasteiger partial charge >= 0.3 is 6.09 Å². The van der Waals surface area contributed by atoms with Gasteiger partial charge in [-0.2, -0.15) is 11.8 Å². The second kappa shape index (κ2) is 9.74. The lowest BCUT2D eigenvalue weighted by molar-refractivity contribution is 0.0914. The monoisotopic (exact) mass is 302 g/mol. The number of nitrogens with one attached hydrogen (secondary N) is 1. The van der Waals surface area contributed by atoms with E-state index in [0.29, 0.717) is 19.7 Å². The third-order valence-electron chi connectivity index (χ3n) is 3.00. The molecule has 0 saturated carbocycles. The van der Waals surface area contributed by atoms with Gasteiger partial charge in [0, 0.05) is 38.5 Å². The molecule has 1 fully saturated rings. The Morgan fingerprint density at radius 3 is 2.45 bits per heavy atom. The number of guanidine groups is 1. The molecule has 1 saturated heterocycles. The lowest BCUT2D eigenvalue weighted by Gasteiger charge is -2.35. The van der Waals surface area contributed by atoms with Crippen LogP contribution in [0.5, 0.6) is 0 Å². The molecule has 0 radical (unpaired) electrons. The zero-order valence-electron chi connectivity index (χ0n) is 12.7. The van der Waals surface area contributed by atoms with Crippen molar-refractivity contribution < 1.29 is 9.53 Å². The Hall–Kier alpha value is -1.11. The van der Waals surface area contributed by atoms with Crippen LogP contribution in [0.3, 0.4) is 0 Å². The first-order valence-electron chi connectivity index (χ1n) is 7.16. The second-order valence-electron chi connectivity index (χ2n) is 4.40. The Bertz CT molecular complexity index is 317. The average molecular weight is 302 g/mol. The Morgan fingerprint density at radius 1 is 1.25 bits per heavy atom. The van der Waals surface area contributed by atoms with Crippen LogP contribution in [0.2, 0.25) is 0 Å². The van der Waals surface area contributed by atoms with Gasteiger partial charge in [0.15, 0.2) is 5.96 Å². The zero-order chi connectivity index (χ0) is 14.8. The third kappa shape index (κ3) is 5.48. The van der Waals surface area contributed by atoms with Crippen LogP contribution in [0.25, 0.3) is 0 Å². The first kappa shape index (κ1) is 16.9. The molecule has 1 aliphatic rings. The molecule has 1 heterocycles. The summed E-state index contributed by atoms with van der Waals surface area (Å²) < 4.78 is 5.02. The molecule has 0 aromatic carbocycles. The normalized spacial score (nSPS) is 16.2. The fourth-order valence-corrected chi connectivity index (χ4v) is 2.26. The summed E-state index contributed by atoms with van der Waals surface area (Å²) >= 11 is 1.80. The molecule has 0 aromatic heterocycles. The van der Waals surface area contributed by atoms with Crippen molar-refractivity contribution in [3.05, 3.63) is 0 Å². The molecule has 0 aromatic rings. The van der Waals surface area contributed by atoms with Crippen LogP contribution in [0, 0.1) is 0 Å². The summed E-state index contributed by atoms with van der Waals surface area (Å²) in [7, 11) is 0. The minimum absolute atomic E-state index is 0.212. The number of amides is 1. The maximum absolute atomic E-state index is 11.6. The van der Waals surface area contributed by atoms with Gasteiger partial charge in [-0.15, -0.1) is 0 Å². The Kier molecular flexibility index (Phi) is 8.25. The minimum atomic E-state index is -0.212. The molecule has 20 heavy (non-hydrogen) atoms. The summed E-state index contributed by atoms with van der Waals surface area (Å²) in [5, 5.41) is 3.31. The van der Waals surface area contributed by atoms with Gasteiger partial charge in [0.1, 0.15) is 0 Å². The number of hydrogen-bond donors (Lipinski definition) is 1. The van der Waals surface area contributed by atoms with Gasteiger partial charge in [-0.25, -0.2) is 4.79 Å². The van der Waals surface area contributed by atoms with Gasteiger partial charge < -0.3 is 19.9 Å². The molecular formula is C13H26N4O2S. The lowest BCUT2D eigenvalue weighted by Crippen LogP contribution is -2.54. The van der Waals surface area contributed by atoms with Crippen LogP contribution in [0.1, 0.15) is 13.8 Å². The molecule has 0 aliphatic carbocycles. The molecular weight excluding hydrogens is 276 g/mol. The number of rotatable bonds is 5. The topological polar surface area (TPSA) is 57.2 Å². The van der Waals surface area contributed by atoms with E-state index >= 15 is 0 Å². The highest BCUT2D eigenvalue weighted by molar-refractivity contribution is 7.98. The summed E-state index contributed by atoms with van der Waals surface area (Å²) in [6, 6.07) is 0. The van der Waals surface area contributed by atoms with E-state index < -0.39 is 0 Å². The standard InChI is InChI=1S/C13H26N4O2S/c1-4-14-12(15-6-11-20-3)16-7-9-17(10-8-16)13(18)19-5-2/h4-11H2,1-3H3,(H,14,15). The SMILES string of the molecule is CCNC(=NCCSC)N1CCN(C(=O)OCC)CC1. The van der Waals surface area contributed by atoms with Gasteiger partial charge in [-0.05, 0) is 20.1 Å². The van der Waals surface area contributed by atoms with Crippen LogP contribution in [0.15, 0.2) is 4.99 Å². The van der Waals surface area contributed by atoms with Crippen molar-refractivity contribution in [3.8, 4) is 0 Å². The smallest absolute Gasteiger partial charge is 0.409 e. The van der Waals surface area contributed by atoms with Gasteiger partial charge in [-0.1, -0.05) is 0 Å². The van der Waals surface area contributed by atoms with Crippen molar-refractivity contribution in [2.75, 3.05) is 57.9 Å². The van der Waals surface area contributed by atoms with E-state index in [4.69, 9.17) is 4.74 Å². The largest absolute Gasteiger partial charge is 0.450 e. The highest BCUT2D eigenvalue weighted by Crippen LogP contribution is 2.04. The second-order valence-corrected chi connectivity index (χ2v) is 5.39. The summed E-state index contributed by atoms with van der Waals surface area (Å²) in [4.78, 5) is 20.2. The van der Waals surface area contributed by atoms with Crippen molar-refractivity contribution in [1.29, 1.82) is 0 Å². The van der Waals surface area contributed by atoms with Crippen LogP contribution in [-0.2, 0) is 4.74 Å². The lowest BCUT2D eigenvalue weighted by atomic mass is 10.3. The zero-order valence-corrected chi connectivity index (χ0v) is 13.5. The summed E-state index contributed by atoms with van der Waals surface area (Å²) in [6.07, 6.45) is 1.87. The predicted molar refractivity (Wildman–Crippen MR) is 84.5 cm³/mol. The summed E-state index contributed by atoms with van der Waals surface area (Å²) in [5.41, 5.74) is 0. The minimum Gasteiger partial charge on any atom is -0.450 e. The van der Waals surface area contributed by atoms with Gasteiger partial charge in [0.05, 0.1) is 13.2 Å². The maximum Gasteiger partial charge on any atom is 0.409 e. The van der Waals surface area contributed by atoms with Crippen molar-refractivity contribution >= 4 is 23.8 Å². The predicted octanol–water partition coefficient (Wildman–Crippen LogP) is 1.09. The van der Waals surface area contributed by atoms with Gasteiger partial charge in [-0.3, -0.25) is 4.99 Å². The number of piperazine rings is 1. The molecule has 6 nitrogen and oxygen atoms in total. The van der Waals surface area contributed by atoms with E-state index in [1.807, 2.05) is 6.92 Å². The first-order valence-corrected chi connectivity index (χ1v) is 8.56. The maximum atomic E-state index is 11.6. The number of carbonyl (C=O) groups is 1. The van der Waals surface area contributed by atoms with Crippen LogP contribution >= 0.6 is 11.8 Å². The number of aliphatic imine (C=N–C) groups is 1. The highest BCUT2D eigenvalue weighted by Gasteiger charge is 2.23. The van der Waals surface area contributed by atoms with Crippen LogP contribution in [-0.4, -0.2) is 79.7 Å². The van der Waals surface area contributed by atoms with Crippen molar-refractivity contribution in [1.82, 2.24) is 15.1 Å². The third-order valence-corrected chi connectivity index (χ3v) is 3.59. The highest BCUT2D eigenvalue weighted by atomic mass is 32.2. The molecule has 0 bridgehead atoms. The molecule has 1 rings (SSSR count). The molecule has 0 unspecified atom stereocenters. The number of ether oxygens (including phenoxy) is 1.